The number of amides is 1. The van der Waals surface area contributed by atoms with Crippen molar-refractivity contribution in [3.8, 4) is 5.75 Å². The van der Waals surface area contributed by atoms with E-state index in [4.69, 9.17) is 4.74 Å². The molecule has 0 fully saturated rings. The van der Waals surface area contributed by atoms with Crippen molar-refractivity contribution in [3.05, 3.63) is 65.7 Å². The first-order valence-electron chi connectivity index (χ1n) is 7.74. The molecule has 0 aliphatic rings. The molecule has 0 aromatic heterocycles. The molecule has 2 aromatic carbocycles. The number of para-hydroxylation sites is 1. The van der Waals surface area contributed by atoms with E-state index in [1.165, 1.54) is 5.56 Å². The Bertz CT molecular complexity index is 616. The summed E-state index contributed by atoms with van der Waals surface area (Å²) in [4.78, 5) is 12.1. The van der Waals surface area contributed by atoms with Gasteiger partial charge in [0.1, 0.15) is 5.75 Å². The smallest absolute Gasteiger partial charge is 0.221 e. The average molecular weight is 329 g/mol. The monoisotopic (exact) mass is 329 g/mol. The van der Waals surface area contributed by atoms with Gasteiger partial charge in [-0.25, -0.2) is 0 Å². The van der Waals surface area contributed by atoms with Crippen molar-refractivity contribution < 1.29 is 9.53 Å². The highest BCUT2D eigenvalue weighted by molar-refractivity contribution is 7.98. The van der Waals surface area contributed by atoms with E-state index in [0.29, 0.717) is 6.42 Å². The van der Waals surface area contributed by atoms with Gasteiger partial charge >= 0.3 is 0 Å². The van der Waals surface area contributed by atoms with Gasteiger partial charge in [0.25, 0.3) is 0 Å². The van der Waals surface area contributed by atoms with Crippen LogP contribution >= 0.6 is 11.8 Å². The van der Waals surface area contributed by atoms with Crippen LogP contribution < -0.4 is 10.1 Å². The lowest BCUT2D eigenvalue weighted by atomic mass is 10.1. The van der Waals surface area contributed by atoms with Crippen LogP contribution in [0.5, 0.6) is 5.75 Å². The Labute approximate surface area is 142 Å². The largest absolute Gasteiger partial charge is 0.496 e. The van der Waals surface area contributed by atoms with Crippen LogP contribution in [0.4, 0.5) is 0 Å². The molecule has 3 nitrogen and oxygen atoms in total. The number of ether oxygens (including phenoxy) is 1. The van der Waals surface area contributed by atoms with Crippen LogP contribution in [-0.2, 0) is 10.5 Å². The minimum Gasteiger partial charge on any atom is -0.496 e. The maximum atomic E-state index is 12.1. The number of benzene rings is 2. The highest BCUT2D eigenvalue weighted by Crippen LogP contribution is 2.24. The van der Waals surface area contributed by atoms with Crippen molar-refractivity contribution in [2.75, 3.05) is 12.9 Å². The number of hydrogen-bond acceptors (Lipinski definition) is 3. The number of methoxy groups -OCH3 is 1. The summed E-state index contributed by atoms with van der Waals surface area (Å²) < 4.78 is 5.34. The maximum absolute atomic E-state index is 12.1. The van der Waals surface area contributed by atoms with E-state index in [1.807, 2.05) is 49.4 Å². The Morgan fingerprint density at radius 3 is 2.57 bits per heavy atom. The average Bonchev–Trinajstić information content (AvgIpc) is 2.59. The zero-order chi connectivity index (χ0) is 16.5. The summed E-state index contributed by atoms with van der Waals surface area (Å²) >= 11 is 1.78. The van der Waals surface area contributed by atoms with Crippen molar-refractivity contribution in [2.45, 2.75) is 25.1 Å². The first kappa shape index (κ1) is 17.4. The quantitative estimate of drug-likeness (QED) is 0.738. The summed E-state index contributed by atoms with van der Waals surface area (Å²) in [5.41, 5.74) is 2.29. The fourth-order valence-electron chi connectivity index (χ4n) is 2.34. The molecule has 0 unspecified atom stereocenters. The van der Waals surface area contributed by atoms with E-state index >= 15 is 0 Å². The molecule has 0 aliphatic carbocycles. The number of carbonyl (C=O) groups is 1. The molecule has 122 valence electrons. The number of hydrogen-bond donors (Lipinski definition) is 1. The lowest BCUT2D eigenvalue weighted by Crippen LogP contribution is -2.27. The Hall–Kier alpha value is -1.94. The fraction of sp³-hybridized carbons (Fsp3) is 0.316. The molecule has 1 atom stereocenters. The normalized spacial score (nSPS) is 11.7. The minimum atomic E-state index is -0.0576. The van der Waals surface area contributed by atoms with Gasteiger partial charge in [-0.15, -0.1) is 0 Å². The minimum absolute atomic E-state index is 0.0576. The second kappa shape index (κ2) is 9.26. The summed E-state index contributed by atoms with van der Waals surface area (Å²) in [7, 11) is 1.65. The van der Waals surface area contributed by atoms with Crippen molar-refractivity contribution in [2.24, 2.45) is 0 Å². The van der Waals surface area contributed by atoms with Gasteiger partial charge < -0.3 is 10.1 Å². The van der Waals surface area contributed by atoms with Gasteiger partial charge in [0.15, 0.2) is 0 Å². The number of carbonyl (C=O) groups excluding carboxylic acids is 1. The molecule has 1 amide bonds. The molecular formula is C19H23NO2S. The van der Waals surface area contributed by atoms with Crippen molar-refractivity contribution in [1.29, 1.82) is 0 Å². The molecule has 4 heteroatoms. The van der Waals surface area contributed by atoms with Gasteiger partial charge in [0, 0.05) is 23.5 Å². The van der Waals surface area contributed by atoms with E-state index in [2.05, 4.69) is 17.4 Å². The highest BCUT2D eigenvalue weighted by atomic mass is 32.2. The van der Waals surface area contributed by atoms with E-state index in [9.17, 15) is 4.79 Å². The third kappa shape index (κ3) is 5.64. The van der Waals surface area contributed by atoms with Crippen molar-refractivity contribution in [1.82, 2.24) is 5.32 Å². The maximum Gasteiger partial charge on any atom is 0.221 e. The molecule has 0 aliphatic heterocycles. The Morgan fingerprint density at radius 2 is 1.83 bits per heavy atom. The predicted molar refractivity (Wildman–Crippen MR) is 96.8 cm³/mol. The standard InChI is InChI=1S/C19H23NO2S/c1-15(17-10-6-7-11-18(17)22-2)20-19(21)12-13-23-14-16-8-4-3-5-9-16/h3-11,15H,12-14H2,1-2H3,(H,20,21)/t15-/m0/s1. The van der Waals surface area contributed by atoms with Gasteiger partial charge in [-0.05, 0) is 18.6 Å². The molecular weight excluding hydrogens is 306 g/mol. The molecule has 1 N–H and O–H groups in total. The second-order valence-corrected chi connectivity index (χ2v) is 6.42. The summed E-state index contributed by atoms with van der Waals surface area (Å²) in [5, 5.41) is 3.04. The van der Waals surface area contributed by atoms with Gasteiger partial charge in [-0.2, -0.15) is 11.8 Å². The van der Waals surface area contributed by atoms with Crippen LogP contribution in [0.1, 0.15) is 30.5 Å². The first-order chi connectivity index (χ1) is 11.2. The third-order valence-electron chi connectivity index (χ3n) is 3.57. The van der Waals surface area contributed by atoms with Crippen LogP contribution in [0.3, 0.4) is 0 Å². The van der Waals surface area contributed by atoms with Gasteiger partial charge in [-0.3, -0.25) is 4.79 Å². The molecule has 23 heavy (non-hydrogen) atoms. The zero-order valence-electron chi connectivity index (χ0n) is 13.6. The second-order valence-electron chi connectivity index (χ2n) is 5.32. The van der Waals surface area contributed by atoms with Gasteiger partial charge in [0.05, 0.1) is 13.2 Å². The summed E-state index contributed by atoms with van der Waals surface area (Å²) in [5.74, 6) is 2.64. The van der Waals surface area contributed by atoms with E-state index in [1.54, 1.807) is 18.9 Å². The van der Waals surface area contributed by atoms with Crippen LogP contribution in [-0.4, -0.2) is 18.8 Å². The van der Waals surface area contributed by atoms with Crippen molar-refractivity contribution in [3.63, 3.8) is 0 Å². The van der Waals surface area contributed by atoms with Gasteiger partial charge in [0.2, 0.25) is 5.91 Å². The fourth-order valence-corrected chi connectivity index (χ4v) is 3.25. The molecule has 0 spiro atoms. The summed E-state index contributed by atoms with van der Waals surface area (Å²) in [6, 6.07) is 18.0. The van der Waals surface area contributed by atoms with E-state index < -0.39 is 0 Å². The predicted octanol–water partition coefficient (Wildman–Crippen LogP) is 4.20. The zero-order valence-corrected chi connectivity index (χ0v) is 14.4. The van der Waals surface area contributed by atoms with Crippen LogP contribution in [0.25, 0.3) is 0 Å². The molecule has 2 aromatic rings. The third-order valence-corrected chi connectivity index (χ3v) is 4.60. The topological polar surface area (TPSA) is 38.3 Å². The highest BCUT2D eigenvalue weighted by Gasteiger charge is 2.13. The van der Waals surface area contributed by atoms with Crippen LogP contribution in [0.15, 0.2) is 54.6 Å². The number of thioether (sulfide) groups is 1. The molecule has 0 bridgehead atoms. The molecule has 0 saturated heterocycles. The molecule has 0 radical (unpaired) electrons. The van der Waals surface area contributed by atoms with E-state index in [0.717, 1.165) is 22.8 Å². The van der Waals surface area contributed by atoms with Crippen LogP contribution in [0, 0.1) is 0 Å². The number of rotatable bonds is 8. The molecule has 2 rings (SSSR count). The number of nitrogens with one attached hydrogen (secondary N) is 1. The SMILES string of the molecule is COc1ccccc1[C@H](C)NC(=O)CCSCc1ccccc1. The molecule has 0 saturated carbocycles. The Balaban J connectivity index is 1.74. The van der Waals surface area contributed by atoms with Gasteiger partial charge in [-0.1, -0.05) is 48.5 Å². The lowest BCUT2D eigenvalue weighted by molar-refractivity contribution is -0.121. The first-order valence-corrected chi connectivity index (χ1v) is 8.90. The van der Waals surface area contributed by atoms with Crippen LogP contribution in [0.2, 0.25) is 0 Å². The van der Waals surface area contributed by atoms with Crippen molar-refractivity contribution >= 4 is 17.7 Å². The van der Waals surface area contributed by atoms with E-state index in [-0.39, 0.29) is 11.9 Å². The molecule has 0 heterocycles. The summed E-state index contributed by atoms with van der Waals surface area (Å²) in [6.45, 7) is 1.98. The summed E-state index contributed by atoms with van der Waals surface area (Å²) in [6.07, 6.45) is 0.525. The Kier molecular flexibility index (Phi) is 7.01. The Morgan fingerprint density at radius 1 is 1.13 bits per heavy atom. The lowest BCUT2D eigenvalue weighted by Gasteiger charge is -2.17.